The number of amides is 2. The van der Waals surface area contributed by atoms with E-state index in [-0.39, 0.29) is 29.8 Å². The van der Waals surface area contributed by atoms with Gasteiger partial charge in [-0.05, 0) is 68.7 Å². The minimum atomic E-state index is -0.434. The number of benzene rings is 2. The molecule has 34 heavy (non-hydrogen) atoms. The zero-order valence-corrected chi connectivity index (χ0v) is 20.6. The van der Waals surface area contributed by atoms with Crippen molar-refractivity contribution < 1.29 is 9.59 Å². The summed E-state index contributed by atoms with van der Waals surface area (Å²) < 4.78 is 0. The Morgan fingerprint density at radius 2 is 1.68 bits per heavy atom. The van der Waals surface area contributed by atoms with Crippen molar-refractivity contribution in [1.82, 2.24) is 15.5 Å². The Labute approximate surface area is 204 Å². The van der Waals surface area contributed by atoms with Crippen LogP contribution in [-0.2, 0) is 16.0 Å². The fourth-order valence-electron chi connectivity index (χ4n) is 5.56. The lowest BCUT2D eigenvalue weighted by molar-refractivity contribution is -0.139. The summed E-state index contributed by atoms with van der Waals surface area (Å²) in [6, 6.07) is 18.5. The SMILES string of the molecule is CNC(C)C(=O)NC(C(=O)N1CCCC1c1cccc(Cc2ccccc2)c1)C1CCCCC1. The van der Waals surface area contributed by atoms with Gasteiger partial charge >= 0.3 is 0 Å². The van der Waals surface area contributed by atoms with Crippen LogP contribution in [0.5, 0.6) is 0 Å². The summed E-state index contributed by atoms with van der Waals surface area (Å²) in [6.07, 6.45) is 8.37. The molecule has 4 rings (SSSR count). The third-order valence-corrected chi connectivity index (χ3v) is 7.63. The van der Waals surface area contributed by atoms with Crippen molar-refractivity contribution in [3.8, 4) is 0 Å². The van der Waals surface area contributed by atoms with Gasteiger partial charge in [-0.25, -0.2) is 0 Å². The van der Waals surface area contributed by atoms with Gasteiger partial charge in [-0.15, -0.1) is 0 Å². The van der Waals surface area contributed by atoms with Crippen LogP contribution in [-0.4, -0.2) is 42.4 Å². The summed E-state index contributed by atoms with van der Waals surface area (Å²) in [5, 5.41) is 6.14. The van der Waals surface area contributed by atoms with E-state index in [1.807, 2.05) is 17.9 Å². The van der Waals surface area contributed by atoms with Crippen LogP contribution in [0.25, 0.3) is 0 Å². The molecule has 1 aliphatic heterocycles. The molecule has 5 nitrogen and oxygen atoms in total. The van der Waals surface area contributed by atoms with E-state index in [9.17, 15) is 9.59 Å². The number of rotatable bonds is 8. The third kappa shape index (κ3) is 5.87. The first-order valence-corrected chi connectivity index (χ1v) is 13.0. The molecule has 2 aromatic carbocycles. The highest BCUT2D eigenvalue weighted by molar-refractivity contribution is 5.90. The van der Waals surface area contributed by atoms with Gasteiger partial charge in [-0.3, -0.25) is 9.59 Å². The maximum atomic E-state index is 13.9. The average molecular weight is 462 g/mol. The van der Waals surface area contributed by atoms with Crippen LogP contribution in [0.1, 0.15) is 74.6 Å². The van der Waals surface area contributed by atoms with E-state index in [0.29, 0.717) is 0 Å². The molecule has 2 amide bonds. The monoisotopic (exact) mass is 461 g/mol. The minimum Gasteiger partial charge on any atom is -0.343 e. The first-order chi connectivity index (χ1) is 16.6. The summed E-state index contributed by atoms with van der Waals surface area (Å²) in [4.78, 5) is 28.8. The summed E-state index contributed by atoms with van der Waals surface area (Å²) in [6.45, 7) is 2.60. The molecule has 2 aromatic rings. The maximum absolute atomic E-state index is 13.9. The van der Waals surface area contributed by atoms with Gasteiger partial charge in [-0.1, -0.05) is 73.9 Å². The molecule has 0 radical (unpaired) electrons. The van der Waals surface area contributed by atoms with E-state index in [0.717, 1.165) is 51.5 Å². The van der Waals surface area contributed by atoms with Crippen LogP contribution in [0.4, 0.5) is 0 Å². The van der Waals surface area contributed by atoms with Crippen LogP contribution >= 0.6 is 0 Å². The molecular weight excluding hydrogens is 422 g/mol. The molecule has 1 saturated heterocycles. The molecule has 3 atom stereocenters. The highest BCUT2D eigenvalue weighted by Crippen LogP contribution is 2.35. The van der Waals surface area contributed by atoms with Gasteiger partial charge in [0.2, 0.25) is 11.8 Å². The second-order valence-electron chi connectivity index (χ2n) is 9.99. The molecule has 0 bridgehead atoms. The van der Waals surface area contributed by atoms with Gasteiger partial charge < -0.3 is 15.5 Å². The van der Waals surface area contributed by atoms with E-state index in [4.69, 9.17) is 0 Å². The molecule has 1 heterocycles. The molecule has 5 heteroatoms. The van der Waals surface area contributed by atoms with Crippen molar-refractivity contribution in [3.63, 3.8) is 0 Å². The fourth-order valence-corrected chi connectivity index (χ4v) is 5.56. The van der Waals surface area contributed by atoms with Gasteiger partial charge in [0.05, 0.1) is 12.1 Å². The van der Waals surface area contributed by atoms with Gasteiger partial charge in [0, 0.05) is 6.54 Å². The highest BCUT2D eigenvalue weighted by Gasteiger charge is 2.39. The lowest BCUT2D eigenvalue weighted by Crippen LogP contribution is -2.55. The first-order valence-electron chi connectivity index (χ1n) is 13.0. The second-order valence-corrected chi connectivity index (χ2v) is 9.99. The van der Waals surface area contributed by atoms with E-state index in [1.54, 1.807) is 7.05 Å². The predicted molar refractivity (Wildman–Crippen MR) is 136 cm³/mol. The normalized spacial score (nSPS) is 20.6. The van der Waals surface area contributed by atoms with Crippen molar-refractivity contribution in [1.29, 1.82) is 0 Å². The molecule has 182 valence electrons. The maximum Gasteiger partial charge on any atom is 0.245 e. The molecule has 2 aliphatic rings. The Hall–Kier alpha value is -2.66. The molecule has 2 N–H and O–H groups in total. The lowest BCUT2D eigenvalue weighted by atomic mass is 9.83. The van der Waals surface area contributed by atoms with E-state index < -0.39 is 6.04 Å². The lowest BCUT2D eigenvalue weighted by Gasteiger charge is -2.35. The van der Waals surface area contributed by atoms with Crippen molar-refractivity contribution >= 4 is 11.8 Å². The molecule has 1 aliphatic carbocycles. The molecule has 1 saturated carbocycles. The predicted octanol–water partition coefficient (Wildman–Crippen LogP) is 4.61. The van der Waals surface area contributed by atoms with Gasteiger partial charge in [0.25, 0.3) is 0 Å². The first kappa shape index (κ1) is 24.5. The van der Waals surface area contributed by atoms with Crippen molar-refractivity contribution in [3.05, 3.63) is 71.3 Å². The number of carbonyl (C=O) groups excluding carboxylic acids is 2. The minimum absolute atomic E-state index is 0.0768. The molecule has 0 aromatic heterocycles. The molecule has 0 spiro atoms. The van der Waals surface area contributed by atoms with Crippen LogP contribution in [0.2, 0.25) is 0 Å². The number of nitrogens with one attached hydrogen (secondary N) is 2. The third-order valence-electron chi connectivity index (χ3n) is 7.63. The van der Waals surface area contributed by atoms with E-state index in [2.05, 4.69) is 59.2 Å². The zero-order valence-electron chi connectivity index (χ0n) is 20.6. The second kappa shape index (κ2) is 11.7. The largest absolute Gasteiger partial charge is 0.343 e. The van der Waals surface area contributed by atoms with Crippen molar-refractivity contribution in [2.24, 2.45) is 5.92 Å². The number of carbonyl (C=O) groups is 2. The average Bonchev–Trinajstić information content (AvgIpc) is 3.38. The summed E-state index contributed by atoms with van der Waals surface area (Å²) in [5.74, 6) is 0.228. The van der Waals surface area contributed by atoms with E-state index >= 15 is 0 Å². The number of likely N-dealkylation sites (tertiary alicyclic amines) is 1. The molecule has 3 unspecified atom stereocenters. The zero-order chi connectivity index (χ0) is 23.9. The van der Waals surface area contributed by atoms with Crippen LogP contribution < -0.4 is 10.6 Å². The number of likely N-dealkylation sites (N-methyl/N-ethyl adjacent to an activating group) is 1. The Morgan fingerprint density at radius 3 is 2.41 bits per heavy atom. The van der Waals surface area contributed by atoms with Crippen LogP contribution in [0.3, 0.4) is 0 Å². The fraction of sp³-hybridized carbons (Fsp3) is 0.517. The van der Waals surface area contributed by atoms with Crippen LogP contribution in [0, 0.1) is 5.92 Å². The summed E-state index contributed by atoms with van der Waals surface area (Å²) in [7, 11) is 1.78. The number of hydrogen-bond donors (Lipinski definition) is 2. The summed E-state index contributed by atoms with van der Waals surface area (Å²) >= 11 is 0. The van der Waals surface area contributed by atoms with Crippen molar-refractivity contribution in [2.75, 3.05) is 13.6 Å². The number of hydrogen-bond acceptors (Lipinski definition) is 3. The topological polar surface area (TPSA) is 61.4 Å². The van der Waals surface area contributed by atoms with Gasteiger partial charge in [0.15, 0.2) is 0 Å². The Morgan fingerprint density at radius 1 is 0.941 bits per heavy atom. The Kier molecular flexibility index (Phi) is 8.39. The smallest absolute Gasteiger partial charge is 0.245 e. The number of nitrogens with zero attached hydrogens (tertiary/aromatic N) is 1. The standard InChI is InChI=1S/C29H39N3O2/c1-21(30-2)28(33)31-27(24-14-7-4-8-15-24)29(34)32-18-10-17-26(32)25-16-9-13-23(20-25)19-22-11-5-3-6-12-22/h3,5-6,9,11-13,16,20-21,24,26-27,30H,4,7-8,10,14-15,17-19H2,1-2H3,(H,31,33). The summed E-state index contributed by atoms with van der Waals surface area (Å²) in [5.41, 5.74) is 3.76. The Balaban J connectivity index is 1.53. The van der Waals surface area contributed by atoms with Gasteiger partial charge in [0.1, 0.15) is 6.04 Å². The highest BCUT2D eigenvalue weighted by atomic mass is 16.2. The van der Waals surface area contributed by atoms with Gasteiger partial charge in [-0.2, -0.15) is 0 Å². The molecule has 2 fully saturated rings. The molecular formula is C29H39N3O2. The Bertz CT molecular complexity index is 955. The van der Waals surface area contributed by atoms with E-state index in [1.165, 1.54) is 23.1 Å². The van der Waals surface area contributed by atoms with Crippen molar-refractivity contribution in [2.45, 2.75) is 76.4 Å². The quantitative estimate of drug-likeness (QED) is 0.603. The van der Waals surface area contributed by atoms with Crippen LogP contribution in [0.15, 0.2) is 54.6 Å².